The molecule has 0 spiro atoms. The van der Waals surface area contributed by atoms with E-state index in [0.717, 1.165) is 11.8 Å². The maximum atomic E-state index is 12.4. The Kier molecular flexibility index (Phi) is 8.80. The number of aliphatic imine (C=N–C) groups is 1. The first-order valence-corrected chi connectivity index (χ1v) is 11.7. The average Bonchev–Trinajstić information content (AvgIpc) is 3.13. The van der Waals surface area contributed by atoms with Gasteiger partial charge in [0.25, 0.3) is 5.69 Å². The summed E-state index contributed by atoms with van der Waals surface area (Å²) in [7, 11) is 0. The molecule has 0 saturated carbocycles. The van der Waals surface area contributed by atoms with Crippen molar-refractivity contribution in [1.82, 2.24) is 0 Å². The summed E-state index contributed by atoms with van der Waals surface area (Å²) < 4.78 is 10.7. The Bertz CT molecular complexity index is 1220. The Morgan fingerprint density at radius 1 is 1.17 bits per heavy atom. The van der Waals surface area contributed by atoms with Gasteiger partial charge >= 0.3 is 5.97 Å². The molecule has 0 unspecified atom stereocenters. The lowest BCUT2D eigenvalue weighted by Crippen LogP contribution is -2.14. The van der Waals surface area contributed by atoms with Gasteiger partial charge in [-0.3, -0.25) is 14.9 Å². The number of carbonyl (C=O) groups excluding carboxylic acids is 2. The van der Waals surface area contributed by atoms with Gasteiger partial charge in [0.1, 0.15) is 28.7 Å². The number of carbonyl (C=O) groups is 2. The number of nitro benzene ring substituents is 1. The molecule has 3 rings (SSSR count). The van der Waals surface area contributed by atoms with Gasteiger partial charge in [0, 0.05) is 18.6 Å². The smallest absolute Gasteiger partial charge is 0.344 e. The summed E-state index contributed by atoms with van der Waals surface area (Å²) in [5.41, 5.74) is 1.26. The number of nitro groups is 1. The van der Waals surface area contributed by atoms with Crippen LogP contribution in [0.4, 0.5) is 5.69 Å². The molecular formula is C25H24N2O7S. The van der Waals surface area contributed by atoms with Crippen molar-refractivity contribution in [3.8, 4) is 5.75 Å². The number of benzene rings is 2. The van der Waals surface area contributed by atoms with Crippen LogP contribution in [0, 0.1) is 10.1 Å². The molecule has 0 radical (unpaired) electrons. The lowest BCUT2D eigenvalue weighted by molar-refractivity contribution is -0.384. The van der Waals surface area contributed by atoms with E-state index in [9.17, 15) is 24.8 Å². The highest BCUT2D eigenvalue weighted by Gasteiger charge is 2.33. The highest BCUT2D eigenvalue weighted by molar-refractivity contribution is 8.18. The van der Waals surface area contributed by atoms with Crippen LogP contribution in [0.5, 0.6) is 5.75 Å². The zero-order chi connectivity index (χ0) is 25.4. The van der Waals surface area contributed by atoms with Crippen LogP contribution in [0.2, 0.25) is 0 Å². The van der Waals surface area contributed by atoms with Gasteiger partial charge in [-0.05, 0) is 42.7 Å². The van der Waals surface area contributed by atoms with E-state index in [1.807, 2.05) is 6.92 Å². The van der Waals surface area contributed by atoms with E-state index >= 15 is 0 Å². The van der Waals surface area contributed by atoms with Gasteiger partial charge in [-0.2, -0.15) is 0 Å². The molecule has 2 aromatic carbocycles. The van der Waals surface area contributed by atoms with Crippen LogP contribution in [-0.2, 0) is 20.9 Å². The Hall–Kier alpha value is -3.92. The third kappa shape index (κ3) is 6.80. The van der Waals surface area contributed by atoms with Gasteiger partial charge in [-0.25, -0.2) is 9.79 Å². The number of hydrogen-bond donors (Lipinski definition) is 1. The normalized spacial score (nSPS) is 15.5. The number of amides is 1. The summed E-state index contributed by atoms with van der Waals surface area (Å²) >= 11 is 1.02. The second kappa shape index (κ2) is 12.0. The predicted molar refractivity (Wildman–Crippen MR) is 133 cm³/mol. The number of thioether (sulfide) groups is 1. The van der Waals surface area contributed by atoms with Crippen LogP contribution in [0.25, 0.3) is 6.08 Å². The molecule has 0 aliphatic carbocycles. The minimum atomic E-state index is -0.742. The Labute approximate surface area is 206 Å². The Morgan fingerprint density at radius 2 is 1.91 bits per heavy atom. The zero-order valence-electron chi connectivity index (χ0n) is 19.2. The van der Waals surface area contributed by atoms with Crippen molar-refractivity contribution in [2.24, 2.45) is 4.99 Å². The molecule has 35 heavy (non-hydrogen) atoms. The Morgan fingerprint density at radius 3 is 2.57 bits per heavy atom. The summed E-state index contributed by atoms with van der Waals surface area (Å²) in [6.45, 7) is 3.78. The molecule has 2 aromatic rings. The van der Waals surface area contributed by atoms with Crippen LogP contribution >= 0.6 is 11.8 Å². The topological polar surface area (TPSA) is 128 Å². The number of ether oxygens (including phenoxy) is 2. The summed E-state index contributed by atoms with van der Waals surface area (Å²) in [6.07, 6.45) is 2.51. The molecule has 10 heteroatoms. The number of nitrogens with zero attached hydrogens (tertiary/aromatic N) is 2. The first-order valence-electron chi connectivity index (χ1n) is 10.9. The van der Waals surface area contributed by atoms with Gasteiger partial charge < -0.3 is 14.6 Å². The van der Waals surface area contributed by atoms with Gasteiger partial charge in [0.05, 0.1) is 16.4 Å². The van der Waals surface area contributed by atoms with Crippen molar-refractivity contribution < 1.29 is 29.1 Å². The van der Waals surface area contributed by atoms with Crippen LogP contribution in [-0.4, -0.2) is 33.6 Å². The van der Waals surface area contributed by atoms with Gasteiger partial charge in [-0.1, -0.05) is 43.0 Å². The standard InChI is InChI=1S/C25H24N2O7S/c1-3-6-21(28)26-24-22(25(30)33-4-2)23(29)20(35-24)14-16-9-11-19(12-10-16)34-15-17-7-5-8-18(13-17)27(31)32/h5,7-14,29H,3-4,6,15H2,1-2H3/b20-14-,26-24?. The van der Waals surface area contributed by atoms with Gasteiger partial charge in [0.15, 0.2) is 0 Å². The van der Waals surface area contributed by atoms with Crippen molar-refractivity contribution >= 4 is 40.4 Å². The second-order valence-corrected chi connectivity index (χ2v) is 8.43. The summed E-state index contributed by atoms with van der Waals surface area (Å²) in [5.74, 6) is -0.857. The first-order chi connectivity index (χ1) is 16.8. The molecule has 1 N–H and O–H groups in total. The molecule has 9 nitrogen and oxygen atoms in total. The molecule has 0 fully saturated rings. The molecule has 0 saturated heterocycles. The van der Waals surface area contributed by atoms with Crippen LogP contribution in [0.3, 0.4) is 0 Å². The van der Waals surface area contributed by atoms with E-state index in [-0.39, 0.29) is 47.6 Å². The quantitative estimate of drug-likeness (QED) is 0.279. The van der Waals surface area contributed by atoms with E-state index in [0.29, 0.717) is 28.2 Å². The third-order valence-corrected chi connectivity index (χ3v) is 5.78. The minimum Gasteiger partial charge on any atom is -0.506 e. The van der Waals surface area contributed by atoms with Crippen LogP contribution < -0.4 is 4.74 Å². The van der Waals surface area contributed by atoms with Crippen molar-refractivity contribution in [3.63, 3.8) is 0 Å². The Balaban J connectivity index is 1.77. The number of rotatable bonds is 9. The molecule has 1 aliphatic rings. The fraction of sp³-hybridized carbons (Fsp3) is 0.240. The number of aliphatic hydroxyl groups is 1. The molecule has 1 aliphatic heterocycles. The molecule has 1 amide bonds. The predicted octanol–water partition coefficient (Wildman–Crippen LogP) is 5.36. The maximum Gasteiger partial charge on any atom is 0.344 e. The maximum absolute atomic E-state index is 12.4. The van der Waals surface area contributed by atoms with E-state index < -0.39 is 10.9 Å². The van der Waals surface area contributed by atoms with E-state index in [4.69, 9.17) is 9.47 Å². The fourth-order valence-electron chi connectivity index (χ4n) is 3.11. The lowest BCUT2D eigenvalue weighted by Gasteiger charge is -2.07. The number of esters is 1. The third-order valence-electron chi connectivity index (χ3n) is 4.77. The van der Waals surface area contributed by atoms with Crippen molar-refractivity contribution in [1.29, 1.82) is 0 Å². The first kappa shape index (κ1) is 25.7. The number of non-ortho nitro benzene ring substituents is 1. The average molecular weight is 497 g/mol. The zero-order valence-corrected chi connectivity index (χ0v) is 20.0. The highest BCUT2D eigenvalue weighted by Crippen LogP contribution is 2.39. The van der Waals surface area contributed by atoms with Gasteiger partial charge in [0.2, 0.25) is 5.91 Å². The molecule has 0 bridgehead atoms. The van der Waals surface area contributed by atoms with E-state index in [1.54, 1.807) is 49.4 Å². The van der Waals surface area contributed by atoms with Crippen molar-refractivity contribution in [3.05, 3.63) is 86.0 Å². The largest absolute Gasteiger partial charge is 0.506 e. The van der Waals surface area contributed by atoms with Gasteiger partial charge in [-0.15, -0.1) is 0 Å². The van der Waals surface area contributed by atoms with E-state index in [1.165, 1.54) is 12.1 Å². The lowest BCUT2D eigenvalue weighted by atomic mass is 10.1. The van der Waals surface area contributed by atoms with Crippen LogP contribution in [0.1, 0.15) is 37.8 Å². The SMILES string of the molecule is CCCC(=O)N=C1S/C(=C\c2ccc(OCc3cccc([N+](=O)[O-])c3)cc2)C(O)=C1C(=O)OCC. The number of hydrogen-bond acceptors (Lipinski definition) is 8. The monoisotopic (exact) mass is 496 g/mol. The second-order valence-electron chi connectivity index (χ2n) is 7.40. The molecule has 0 aromatic heterocycles. The van der Waals surface area contributed by atoms with Crippen LogP contribution in [0.15, 0.2) is 69.8 Å². The van der Waals surface area contributed by atoms with Crippen molar-refractivity contribution in [2.75, 3.05) is 6.61 Å². The van der Waals surface area contributed by atoms with Crippen molar-refractivity contribution in [2.45, 2.75) is 33.3 Å². The molecule has 182 valence electrons. The highest BCUT2D eigenvalue weighted by atomic mass is 32.2. The summed E-state index contributed by atoms with van der Waals surface area (Å²) in [4.78, 5) is 39.2. The molecular weight excluding hydrogens is 472 g/mol. The fourth-order valence-corrected chi connectivity index (χ4v) is 4.14. The summed E-state index contributed by atoms with van der Waals surface area (Å²) in [5, 5.41) is 21.7. The van der Waals surface area contributed by atoms with E-state index in [2.05, 4.69) is 4.99 Å². The molecule has 1 heterocycles. The summed E-state index contributed by atoms with van der Waals surface area (Å²) in [6, 6.07) is 13.2. The number of aliphatic hydroxyl groups excluding tert-OH is 1. The minimum absolute atomic E-state index is 0.00325. The molecule has 0 atom stereocenters.